The number of amides is 3. The lowest BCUT2D eigenvalue weighted by Crippen LogP contribution is -2.49. The number of carbonyl (C=O) groups excluding carboxylic acids is 4. The number of imide groups is 1. The topological polar surface area (TPSA) is 78.0 Å². The van der Waals surface area contributed by atoms with Crippen LogP contribution in [-0.2, 0) is 14.4 Å². The van der Waals surface area contributed by atoms with Gasteiger partial charge in [-0.15, -0.1) is 0 Å². The zero-order chi connectivity index (χ0) is 22.1. The fraction of sp³-hybridized carbons (Fsp3) is 0.565. The van der Waals surface area contributed by atoms with Gasteiger partial charge < -0.3 is 9.80 Å². The third kappa shape index (κ3) is 4.20. The predicted molar refractivity (Wildman–Crippen MR) is 112 cm³/mol. The number of fused-ring (bicyclic) bond motifs is 1. The Morgan fingerprint density at radius 1 is 1.00 bits per heavy atom. The molecule has 0 spiro atoms. The fourth-order valence-corrected chi connectivity index (χ4v) is 5.00. The monoisotopic (exact) mass is 429 g/mol. The van der Waals surface area contributed by atoms with E-state index in [1.54, 1.807) is 17.0 Å². The first-order valence-corrected chi connectivity index (χ1v) is 11.0. The van der Waals surface area contributed by atoms with E-state index in [1.807, 2.05) is 4.90 Å². The first-order valence-electron chi connectivity index (χ1n) is 11.0. The third-order valence-electron chi connectivity index (χ3n) is 6.81. The van der Waals surface area contributed by atoms with Crippen molar-refractivity contribution in [2.75, 3.05) is 37.6 Å². The van der Waals surface area contributed by atoms with Crippen molar-refractivity contribution in [2.24, 2.45) is 11.8 Å². The first kappa shape index (κ1) is 21.5. The van der Waals surface area contributed by atoms with Gasteiger partial charge in [0.2, 0.25) is 17.7 Å². The third-order valence-corrected chi connectivity index (χ3v) is 6.81. The smallest absolute Gasteiger partial charge is 0.233 e. The Balaban J connectivity index is 1.29. The molecule has 2 unspecified atom stereocenters. The molecule has 166 valence electrons. The molecule has 4 rings (SSSR count). The Morgan fingerprint density at radius 3 is 2.16 bits per heavy atom. The summed E-state index contributed by atoms with van der Waals surface area (Å²) in [5.41, 5.74) is 0.758. The largest absolute Gasteiger partial charge is 0.366 e. The Bertz CT molecular complexity index is 886. The van der Waals surface area contributed by atoms with Gasteiger partial charge >= 0.3 is 0 Å². The van der Waals surface area contributed by atoms with Crippen LogP contribution in [0.3, 0.4) is 0 Å². The van der Waals surface area contributed by atoms with E-state index in [0.29, 0.717) is 37.4 Å². The highest BCUT2D eigenvalue weighted by molar-refractivity contribution is 6.05. The Kier molecular flexibility index (Phi) is 6.07. The van der Waals surface area contributed by atoms with Crippen molar-refractivity contribution in [1.29, 1.82) is 0 Å². The molecule has 0 bridgehead atoms. The molecule has 31 heavy (non-hydrogen) atoms. The van der Waals surface area contributed by atoms with Gasteiger partial charge in [0.25, 0.3) is 0 Å². The van der Waals surface area contributed by atoms with Crippen LogP contribution in [0.4, 0.5) is 10.1 Å². The molecule has 2 saturated heterocycles. The lowest BCUT2D eigenvalue weighted by molar-refractivity contribution is -0.140. The van der Waals surface area contributed by atoms with Crippen LogP contribution in [0.25, 0.3) is 0 Å². The van der Waals surface area contributed by atoms with Crippen LogP contribution < -0.4 is 4.90 Å². The normalized spacial score (nSPS) is 23.9. The Labute approximate surface area is 181 Å². The van der Waals surface area contributed by atoms with E-state index in [1.165, 1.54) is 17.9 Å². The van der Waals surface area contributed by atoms with Gasteiger partial charge in [0, 0.05) is 44.7 Å². The maximum Gasteiger partial charge on any atom is 0.233 e. The van der Waals surface area contributed by atoms with Crippen LogP contribution in [0.5, 0.6) is 0 Å². The zero-order valence-electron chi connectivity index (χ0n) is 17.8. The highest BCUT2D eigenvalue weighted by Crippen LogP contribution is 2.38. The molecule has 0 radical (unpaired) electrons. The van der Waals surface area contributed by atoms with Crippen LogP contribution >= 0.6 is 0 Å². The molecule has 1 aromatic carbocycles. The summed E-state index contributed by atoms with van der Waals surface area (Å²) < 4.78 is 14.4. The summed E-state index contributed by atoms with van der Waals surface area (Å²) in [6.45, 7) is 3.39. The number of rotatable bonds is 5. The summed E-state index contributed by atoms with van der Waals surface area (Å²) in [6, 6.07) is 4.46. The highest BCUT2D eigenvalue weighted by Gasteiger charge is 2.47. The van der Waals surface area contributed by atoms with Gasteiger partial charge in [-0.2, -0.15) is 0 Å². The number of carbonyl (C=O) groups is 4. The average Bonchev–Trinajstić information content (AvgIpc) is 3.02. The lowest BCUT2D eigenvalue weighted by atomic mass is 9.81. The standard InChI is InChI=1S/C23H28FN3O4/c1-15(28)16-6-7-20(19(24)14-16)25-10-12-26(13-11-25)21(29)8-9-27-22(30)17-4-2-3-5-18(17)23(27)31/h6-7,14,17-18H,2-5,8-13H2,1H3. The van der Waals surface area contributed by atoms with Crippen LogP contribution in [0.2, 0.25) is 0 Å². The summed E-state index contributed by atoms with van der Waals surface area (Å²) in [7, 11) is 0. The molecular weight excluding hydrogens is 401 g/mol. The number of hydrogen-bond donors (Lipinski definition) is 0. The molecule has 8 heteroatoms. The van der Waals surface area contributed by atoms with Gasteiger partial charge in [-0.05, 0) is 38.0 Å². The SMILES string of the molecule is CC(=O)c1ccc(N2CCN(C(=O)CCN3C(=O)C4CCCCC4C3=O)CC2)c(F)c1. The van der Waals surface area contributed by atoms with E-state index in [2.05, 4.69) is 0 Å². The molecule has 2 aliphatic heterocycles. The number of Topliss-reactive ketones (excluding diaryl/α,β-unsaturated/α-hetero) is 1. The molecule has 3 fully saturated rings. The molecule has 2 heterocycles. The minimum absolute atomic E-state index is 0.0949. The van der Waals surface area contributed by atoms with E-state index < -0.39 is 5.82 Å². The number of ketones is 1. The van der Waals surface area contributed by atoms with E-state index in [4.69, 9.17) is 0 Å². The molecule has 1 aliphatic carbocycles. The van der Waals surface area contributed by atoms with Crippen LogP contribution in [0.1, 0.15) is 49.4 Å². The van der Waals surface area contributed by atoms with Crippen molar-refractivity contribution in [3.05, 3.63) is 29.6 Å². The van der Waals surface area contributed by atoms with E-state index in [0.717, 1.165) is 25.7 Å². The number of piperazine rings is 1. The van der Waals surface area contributed by atoms with E-state index in [-0.39, 0.29) is 48.3 Å². The van der Waals surface area contributed by atoms with Gasteiger partial charge in [0.15, 0.2) is 5.78 Å². The van der Waals surface area contributed by atoms with Crippen molar-refractivity contribution in [3.63, 3.8) is 0 Å². The number of likely N-dealkylation sites (tertiary alicyclic amines) is 1. The van der Waals surface area contributed by atoms with Crippen LogP contribution in [0.15, 0.2) is 18.2 Å². The fourth-order valence-electron chi connectivity index (χ4n) is 5.00. The number of hydrogen-bond acceptors (Lipinski definition) is 5. The summed E-state index contributed by atoms with van der Waals surface area (Å²) >= 11 is 0. The number of nitrogens with zero attached hydrogens (tertiary/aromatic N) is 3. The second-order valence-electron chi connectivity index (χ2n) is 8.67. The van der Waals surface area contributed by atoms with Crippen LogP contribution in [-0.4, -0.2) is 66.0 Å². The van der Waals surface area contributed by atoms with Gasteiger partial charge in [0.05, 0.1) is 17.5 Å². The molecule has 2 atom stereocenters. The molecule has 0 aromatic heterocycles. The predicted octanol–water partition coefficient (Wildman–Crippen LogP) is 2.24. The highest BCUT2D eigenvalue weighted by atomic mass is 19.1. The number of halogens is 1. The van der Waals surface area contributed by atoms with Gasteiger partial charge in [-0.1, -0.05) is 12.8 Å². The van der Waals surface area contributed by atoms with Crippen molar-refractivity contribution in [1.82, 2.24) is 9.80 Å². The molecule has 3 aliphatic rings. The molecule has 7 nitrogen and oxygen atoms in total. The summed E-state index contributed by atoms with van der Waals surface area (Å²) in [5, 5.41) is 0. The quantitative estimate of drug-likeness (QED) is 0.530. The lowest BCUT2D eigenvalue weighted by Gasteiger charge is -2.36. The van der Waals surface area contributed by atoms with Gasteiger partial charge in [0.1, 0.15) is 5.82 Å². The minimum atomic E-state index is -0.444. The molecule has 1 saturated carbocycles. The maximum atomic E-state index is 14.4. The molecular formula is C23H28FN3O4. The van der Waals surface area contributed by atoms with Crippen molar-refractivity contribution in [3.8, 4) is 0 Å². The summed E-state index contributed by atoms with van der Waals surface area (Å²) in [5.74, 6) is -1.33. The number of benzene rings is 1. The molecule has 1 aromatic rings. The van der Waals surface area contributed by atoms with Crippen molar-refractivity contribution in [2.45, 2.75) is 39.0 Å². The maximum absolute atomic E-state index is 14.4. The molecule has 0 N–H and O–H groups in total. The van der Waals surface area contributed by atoms with Crippen molar-refractivity contribution >= 4 is 29.2 Å². The second-order valence-corrected chi connectivity index (χ2v) is 8.67. The molecule has 3 amide bonds. The average molecular weight is 429 g/mol. The summed E-state index contributed by atoms with van der Waals surface area (Å²) in [6.07, 6.45) is 3.63. The van der Waals surface area contributed by atoms with E-state index >= 15 is 0 Å². The zero-order valence-corrected chi connectivity index (χ0v) is 17.8. The van der Waals surface area contributed by atoms with Gasteiger partial charge in [-0.25, -0.2) is 4.39 Å². The van der Waals surface area contributed by atoms with Crippen LogP contribution in [0, 0.1) is 17.7 Å². The van der Waals surface area contributed by atoms with E-state index in [9.17, 15) is 23.6 Å². The first-order chi connectivity index (χ1) is 14.9. The van der Waals surface area contributed by atoms with Gasteiger partial charge in [-0.3, -0.25) is 24.1 Å². The Hall–Kier alpha value is -2.77. The Morgan fingerprint density at radius 2 is 1.61 bits per heavy atom. The second kappa shape index (κ2) is 8.77. The minimum Gasteiger partial charge on any atom is -0.366 e. The summed E-state index contributed by atoms with van der Waals surface area (Å²) in [4.78, 5) is 54.0. The number of anilines is 1. The van der Waals surface area contributed by atoms with Crippen molar-refractivity contribution < 1.29 is 23.6 Å².